The van der Waals surface area contributed by atoms with E-state index in [1.165, 1.54) is 134 Å². The molecule has 78 heavy (non-hydrogen) atoms. The van der Waals surface area contributed by atoms with Crippen molar-refractivity contribution >= 4 is 23.7 Å². The van der Waals surface area contributed by atoms with Gasteiger partial charge in [0.2, 0.25) is 0 Å². The fourth-order valence-electron chi connectivity index (χ4n) is 11.1. The van der Waals surface area contributed by atoms with Crippen molar-refractivity contribution in [2.75, 3.05) is 6.61 Å². The van der Waals surface area contributed by atoms with Gasteiger partial charge < -0.3 is 28.8 Å². The summed E-state index contributed by atoms with van der Waals surface area (Å²) in [5, 5.41) is 9.11. The molecule has 0 aliphatic carbocycles. The zero-order chi connectivity index (χ0) is 57.8. The third-order valence-electron chi connectivity index (χ3n) is 16.5. The number of unbranched alkanes of at least 4 members (excludes halogenated alkanes) is 16. The molecule has 2 aliphatic heterocycles. The van der Waals surface area contributed by atoms with E-state index in [0.717, 1.165) is 101 Å². The number of carbonyl (C=O) groups excluding carboxylic acids is 4. The number of rotatable bonds is 36. The van der Waals surface area contributed by atoms with Crippen molar-refractivity contribution < 1.29 is 48.0 Å². The minimum absolute atomic E-state index is 0.0541. The molecule has 1 N–H and O–H groups in total. The van der Waals surface area contributed by atoms with Gasteiger partial charge >= 0.3 is 17.9 Å². The number of aliphatic hydroxyl groups is 1. The number of fused-ring (bicyclic) bond motifs is 2. The van der Waals surface area contributed by atoms with Gasteiger partial charge in [-0.1, -0.05) is 157 Å². The summed E-state index contributed by atoms with van der Waals surface area (Å²) in [6.07, 6.45) is 34.2. The summed E-state index contributed by atoms with van der Waals surface area (Å²) in [7, 11) is 0. The molecular formula is C68H112O10. The first-order chi connectivity index (χ1) is 37.1. The molecule has 0 amide bonds. The van der Waals surface area contributed by atoms with Crippen molar-refractivity contribution in [2.24, 2.45) is 17.8 Å². The van der Waals surface area contributed by atoms with E-state index in [2.05, 4.69) is 34.6 Å². The first kappa shape index (κ1) is 68.4. The first-order valence-corrected chi connectivity index (χ1v) is 31.4. The quantitative estimate of drug-likeness (QED) is 0.0399. The van der Waals surface area contributed by atoms with E-state index in [1.807, 2.05) is 48.5 Å². The van der Waals surface area contributed by atoms with Crippen LogP contribution in [0, 0.1) is 59.3 Å². The van der Waals surface area contributed by atoms with E-state index < -0.39 is 17.5 Å². The van der Waals surface area contributed by atoms with Gasteiger partial charge in [0, 0.05) is 36.5 Å². The molecule has 0 saturated carbocycles. The minimum Gasteiger partial charge on any atom is -0.490 e. The number of hydrogen-bond donors (Lipinski definition) is 1. The lowest BCUT2D eigenvalue weighted by molar-refractivity contribution is -0.159. The van der Waals surface area contributed by atoms with Gasteiger partial charge in [0.25, 0.3) is 0 Å². The fourth-order valence-corrected chi connectivity index (χ4v) is 11.1. The molecule has 2 aliphatic rings. The molecule has 444 valence electrons. The summed E-state index contributed by atoms with van der Waals surface area (Å²) >= 11 is 0. The Balaban J connectivity index is 0.000000412. The van der Waals surface area contributed by atoms with E-state index in [1.54, 1.807) is 13.8 Å². The van der Waals surface area contributed by atoms with E-state index >= 15 is 0 Å². The van der Waals surface area contributed by atoms with Gasteiger partial charge in [-0.15, -0.1) is 0 Å². The van der Waals surface area contributed by atoms with Gasteiger partial charge in [0.1, 0.15) is 34.4 Å². The molecule has 0 fully saturated rings. The summed E-state index contributed by atoms with van der Waals surface area (Å²) in [5.41, 5.74) is 7.46. The van der Waals surface area contributed by atoms with Crippen molar-refractivity contribution in [3.63, 3.8) is 0 Å². The summed E-state index contributed by atoms with van der Waals surface area (Å²) in [5.74, 6) is 3.67. The third-order valence-corrected chi connectivity index (χ3v) is 16.5. The third kappa shape index (κ3) is 24.8. The maximum Gasteiger partial charge on any atom is 0.311 e. The molecule has 0 spiro atoms. The Hall–Kier alpha value is -3.92. The Labute approximate surface area is 475 Å². The van der Waals surface area contributed by atoms with Crippen LogP contribution in [0.3, 0.4) is 0 Å². The number of ether oxygens (including phenoxy) is 5. The van der Waals surface area contributed by atoms with Gasteiger partial charge in [-0.2, -0.15) is 0 Å². The second-order valence-electron chi connectivity index (χ2n) is 25.2. The Morgan fingerprint density at radius 3 is 1.19 bits per heavy atom. The van der Waals surface area contributed by atoms with E-state index in [9.17, 15) is 19.2 Å². The largest absolute Gasteiger partial charge is 0.490 e. The molecule has 2 atom stereocenters. The van der Waals surface area contributed by atoms with Crippen LogP contribution in [0.5, 0.6) is 23.0 Å². The van der Waals surface area contributed by atoms with Crippen molar-refractivity contribution in [1.82, 2.24) is 0 Å². The monoisotopic (exact) mass is 1090 g/mol. The normalized spacial score (nSPS) is 15.1. The zero-order valence-corrected chi connectivity index (χ0v) is 52.1. The number of carbonyl (C=O) groups is 4. The van der Waals surface area contributed by atoms with Crippen molar-refractivity contribution in [1.29, 1.82) is 0 Å². The predicted octanol–water partition coefficient (Wildman–Crippen LogP) is 17.8. The van der Waals surface area contributed by atoms with Gasteiger partial charge in [-0.05, 0) is 152 Å². The molecule has 0 radical (unpaired) electrons. The molecule has 0 saturated heterocycles. The molecule has 2 unspecified atom stereocenters. The Morgan fingerprint density at radius 1 is 0.487 bits per heavy atom. The van der Waals surface area contributed by atoms with Gasteiger partial charge in [0.15, 0.2) is 0 Å². The maximum atomic E-state index is 12.6. The minimum atomic E-state index is -0.761. The van der Waals surface area contributed by atoms with Crippen LogP contribution >= 0.6 is 0 Å². The van der Waals surface area contributed by atoms with E-state index in [0.29, 0.717) is 17.9 Å². The summed E-state index contributed by atoms with van der Waals surface area (Å²) in [6.45, 7) is 28.5. The molecule has 0 aromatic heterocycles. The van der Waals surface area contributed by atoms with Crippen LogP contribution in [0.1, 0.15) is 286 Å². The lowest BCUT2D eigenvalue weighted by atomic mass is 9.90. The molecule has 10 heteroatoms. The number of Topliss-reactive ketones (excluding diaryl/α,β-unsaturated/α-hetero) is 1. The van der Waals surface area contributed by atoms with Crippen molar-refractivity contribution in [3.8, 4) is 23.0 Å². The first-order valence-electron chi connectivity index (χ1n) is 31.4. The van der Waals surface area contributed by atoms with Gasteiger partial charge in [-0.3, -0.25) is 19.2 Å². The van der Waals surface area contributed by atoms with Gasteiger partial charge in [0.05, 0.1) is 31.5 Å². The van der Waals surface area contributed by atoms with Crippen molar-refractivity contribution in [2.45, 2.75) is 314 Å². The lowest BCUT2D eigenvalue weighted by Crippen LogP contribution is -2.29. The molecule has 2 aromatic carbocycles. The molecule has 2 aromatic rings. The Bertz CT molecular complexity index is 2130. The van der Waals surface area contributed by atoms with Crippen LogP contribution < -0.4 is 18.9 Å². The molecule has 2 heterocycles. The Morgan fingerprint density at radius 2 is 0.833 bits per heavy atom. The smallest absolute Gasteiger partial charge is 0.311 e. The van der Waals surface area contributed by atoms with E-state index in [4.69, 9.17) is 28.8 Å². The topological polar surface area (TPSA) is 135 Å². The van der Waals surface area contributed by atoms with Crippen LogP contribution in [0.25, 0.3) is 0 Å². The summed E-state index contributed by atoms with van der Waals surface area (Å²) in [4.78, 5) is 49.2. The number of aliphatic hydroxyl groups excluding tert-OH is 1. The highest BCUT2D eigenvalue weighted by molar-refractivity contribution is 5.85. The number of benzene rings is 2. The van der Waals surface area contributed by atoms with Crippen LogP contribution in [-0.2, 0) is 36.8 Å². The average Bonchev–Trinajstić information content (AvgIpc) is 3.47. The SMILES string of the molecule is Cc1c(C)c2c(c(C)c1OC(=O)CCC(=O)C(C)C)CCC(CCCCCCCCCCCC(C)C)O2.Cc1c(C)c2c(c(C)c1OC(=O)CCC(=O)OC(C)(C)CCO)CCC(CCCCCCCCCCCC(C)C)O2. The van der Waals surface area contributed by atoms with Crippen LogP contribution in [0.15, 0.2) is 0 Å². The number of ketones is 1. The highest BCUT2D eigenvalue weighted by Crippen LogP contribution is 2.44. The highest BCUT2D eigenvalue weighted by Gasteiger charge is 2.30. The van der Waals surface area contributed by atoms with Crippen molar-refractivity contribution in [3.05, 3.63) is 44.5 Å². The predicted molar refractivity (Wildman–Crippen MR) is 319 cm³/mol. The van der Waals surface area contributed by atoms with Crippen LogP contribution in [0.2, 0.25) is 0 Å². The lowest BCUT2D eigenvalue weighted by Gasteiger charge is -2.30. The fraction of sp³-hybridized carbons (Fsp3) is 0.765. The zero-order valence-electron chi connectivity index (χ0n) is 52.1. The summed E-state index contributed by atoms with van der Waals surface area (Å²) in [6, 6.07) is 0. The van der Waals surface area contributed by atoms with Crippen LogP contribution in [-0.4, -0.2) is 53.2 Å². The second-order valence-corrected chi connectivity index (χ2v) is 25.2. The van der Waals surface area contributed by atoms with Crippen LogP contribution in [0.4, 0.5) is 0 Å². The van der Waals surface area contributed by atoms with Gasteiger partial charge in [-0.25, -0.2) is 0 Å². The number of hydrogen-bond acceptors (Lipinski definition) is 10. The number of esters is 3. The Kier molecular flexibility index (Phi) is 31.9. The molecular weight excluding hydrogens is 977 g/mol. The molecule has 4 rings (SSSR count). The highest BCUT2D eigenvalue weighted by atomic mass is 16.6. The maximum absolute atomic E-state index is 12.6. The standard InChI is InChI=1S/C35H58O6.C33H54O4/c1-25(2)17-15-13-11-9-8-10-12-14-16-18-29-19-20-30-28(5)33(26(3)27(4)34(30)39-29)40-31(37)21-22-32(38)41-35(6,7)23-24-36;1-23(2)17-15-13-11-9-8-10-12-14-16-18-28-19-20-29-27(7)32(25(5)26(6)33(29)36-28)37-31(35)22-21-30(34)24(3)4/h25,29,36H,8-24H2,1-7H3;23-24,28H,8-22H2,1-7H3. The van der Waals surface area contributed by atoms with E-state index in [-0.39, 0.29) is 62.2 Å². The average molecular weight is 1090 g/mol. The molecule has 10 nitrogen and oxygen atoms in total. The summed E-state index contributed by atoms with van der Waals surface area (Å²) < 4.78 is 30.0. The molecule has 0 bridgehead atoms. The second kappa shape index (κ2) is 36.4.